The van der Waals surface area contributed by atoms with E-state index < -0.39 is 63.5 Å². The van der Waals surface area contributed by atoms with Crippen LogP contribution in [-0.2, 0) is 40.5 Å². The van der Waals surface area contributed by atoms with Gasteiger partial charge in [-0.2, -0.15) is 0 Å². The van der Waals surface area contributed by atoms with Crippen LogP contribution in [0.5, 0.6) is 0 Å². The van der Waals surface area contributed by atoms with E-state index in [1.54, 1.807) is 0 Å². The molecule has 0 heterocycles. The Morgan fingerprint density at radius 3 is 0.500 bits per heavy atom. The fourth-order valence-electron chi connectivity index (χ4n) is 0.577. The van der Waals surface area contributed by atoms with E-state index in [0.717, 1.165) is 0 Å². The second-order valence-corrected chi connectivity index (χ2v) is 10.3. The molecule has 30 heavy (non-hydrogen) atoms. The second-order valence-electron chi connectivity index (χ2n) is 4.20. The van der Waals surface area contributed by atoms with Gasteiger partial charge in [0.15, 0.2) is 0 Å². The van der Waals surface area contributed by atoms with Gasteiger partial charge in [-0.05, 0) is 0 Å². The molecule has 0 spiro atoms. The molecular formula is C8H24Mg2N4O12S4. The smallest absolute Gasteiger partial charge is 0.748 e. The zero-order chi connectivity index (χ0) is 23.7. The Morgan fingerprint density at radius 2 is 0.500 bits per heavy atom. The van der Waals surface area contributed by atoms with E-state index >= 15 is 0 Å². The van der Waals surface area contributed by atoms with Gasteiger partial charge in [-0.25, -0.2) is 33.7 Å². The largest absolute Gasteiger partial charge is 2.00 e. The summed E-state index contributed by atoms with van der Waals surface area (Å²) in [6, 6.07) is 0. The molecule has 0 saturated heterocycles. The summed E-state index contributed by atoms with van der Waals surface area (Å²) < 4.78 is 115. The first-order valence-electron chi connectivity index (χ1n) is 6.79. The number of hydrogen-bond donors (Lipinski definition) is 4. The molecule has 0 aromatic heterocycles. The van der Waals surface area contributed by atoms with Crippen molar-refractivity contribution >= 4 is 86.6 Å². The van der Waals surface area contributed by atoms with E-state index in [2.05, 4.69) is 0 Å². The third-order valence-corrected chi connectivity index (χ3v) is 4.41. The number of nitrogens with two attached hydrogens (primary N) is 4. The van der Waals surface area contributed by atoms with Crippen LogP contribution < -0.4 is 22.9 Å². The molecule has 176 valence electrons. The Bertz CT molecular complexity index is 650. The van der Waals surface area contributed by atoms with Crippen molar-refractivity contribution in [1.82, 2.24) is 0 Å². The monoisotopic (exact) mass is 544 g/mol. The first kappa shape index (κ1) is 44.7. The molecule has 0 bridgehead atoms. The van der Waals surface area contributed by atoms with Gasteiger partial charge in [-0.3, -0.25) is 0 Å². The van der Waals surface area contributed by atoms with Gasteiger partial charge in [0.2, 0.25) is 0 Å². The maximum atomic E-state index is 9.60. The number of hydrogen-bond acceptors (Lipinski definition) is 16. The third kappa shape index (κ3) is 78.7. The molecule has 16 nitrogen and oxygen atoms in total. The fourth-order valence-corrected chi connectivity index (χ4v) is 1.73. The Morgan fingerprint density at radius 1 is 0.400 bits per heavy atom. The topological polar surface area (TPSA) is 333 Å². The third-order valence-electron chi connectivity index (χ3n) is 1.47. The van der Waals surface area contributed by atoms with Crippen molar-refractivity contribution in [2.24, 2.45) is 22.9 Å². The molecule has 0 radical (unpaired) electrons. The Balaban J connectivity index is -0.0000000626. The van der Waals surface area contributed by atoms with Gasteiger partial charge >= 0.3 is 46.1 Å². The van der Waals surface area contributed by atoms with Crippen molar-refractivity contribution in [3.8, 4) is 0 Å². The molecule has 8 N–H and O–H groups in total. The molecule has 0 saturated carbocycles. The van der Waals surface area contributed by atoms with Gasteiger partial charge in [0.05, 0.1) is 63.5 Å². The van der Waals surface area contributed by atoms with Gasteiger partial charge in [0.1, 0.15) is 0 Å². The van der Waals surface area contributed by atoms with Gasteiger partial charge in [0.25, 0.3) is 0 Å². The average molecular weight is 545 g/mol. The predicted octanol–water partition coefficient (Wildman–Crippen LogP) is -6.80. The Labute approximate surface area is 209 Å². The fraction of sp³-hybridized carbons (Fsp3) is 1.00. The van der Waals surface area contributed by atoms with Gasteiger partial charge in [-0.1, -0.05) is 0 Å². The van der Waals surface area contributed by atoms with E-state index in [4.69, 9.17) is 22.9 Å². The first-order valence-corrected chi connectivity index (χ1v) is 13.1. The molecule has 0 aromatic rings. The SMILES string of the molecule is NCCS(=O)(=O)[O-].NCCS(=O)(=O)[O-].NCCS(=O)(=O)[O-].NCCS(=O)(=O)[O-].[Mg+2].[Mg+2]. The summed E-state index contributed by atoms with van der Waals surface area (Å²) in [6.07, 6.45) is 0. The molecule has 0 aliphatic carbocycles. The summed E-state index contributed by atoms with van der Waals surface area (Å²) >= 11 is 0. The molecule has 0 aromatic carbocycles. The molecule has 0 aliphatic heterocycles. The summed E-state index contributed by atoms with van der Waals surface area (Å²) in [5.74, 6) is -1.86. The minimum absolute atomic E-state index is 0. The van der Waals surface area contributed by atoms with Crippen molar-refractivity contribution < 1.29 is 51.9 Å². The van der Waals surface area contributed by atoms with Crippen molar-refractivity contribution in [1.29, 1.82) is 0 Å². The van der Waals surface area contributed by atoms with Crippen molar-refractivity contribution in [3.05, 3.63) is 0 Å². The molecule has 22 heteroatoms. The maximum Gasteiger partial charge on any atom is 2.00 e. The maximum absolute atomic E-state index is 9.60. The summed E-state index contributed by atoms with van der Waals surface area (Å²) in [5, 5.41) is 0. The quantitative estimate of drug-likeness (QED) is 0.163. The minimum atomic E-state index is -4.05. The van der Waals surface area contributed by atoms with Crippen LogP contribution in [0.3, 0.4) is 0 Å². The van der Waals surface area contributed by atoms with Crippen LogP contribution in [0, 0.1) is 0 Å². The molecule has 0 amide bonds. The van der Waals surface area contributed by atoms with Crippen LogP contribution in [0.1, 0.15) is 0 Å². The molecular weight excluding hydrogens is 521 g/mol. The molecule has 0 fully saturated rings. The van der Waals surface area contributed by atoms with Crippen LogP contribution in [0.25, 0.3) is 0 Å². The molecule has 0 aliphatic rings. The van der Waals surface area contributed by atoms with Crippen molar-refractivity contribution in [2.45, 2.75) is 0 Å². The van der Waals surface area contributed by atoms with Crippen LogP contribution in [-0.4, -0.2) is 147 Å². The van der Waals surface area contributed by atoms with E-state index in [9.17, 15) is 51.9 Å². The van der Waals surface area contributed by atoms with Crippen LogP contribution in [0.15, 0.2) is 0 Å². The molecule has 0 rings (SSSR count). The normalized spacial score (nSPS) is 10.9. The van der Waals surface area contributed by atoms with Gasteiger partial charge in [0, 0.05) is 26.2 Å². The molecule has 0 atom stereocenters. The minimum Gasteiger partial charge on any atom is -0.748 e. The van der Waals surface area contributed by atoms with Crippen molar-refractivity contribution in [2.75, 3.05) is 49.2 Å². The van der Waals surface area contributed by atoms with E-state index in [1.807, 2.05) is 0 Å². The average Bonchev–Trinajstić information content (AvgIpc) is 2.34. The van der Waals surface area contributed by atoms with Gasteiger partial charge in [-0.15, -0.1) is 0 Å². The summed E-state index contributed by atoms with van der Waals surface area (Å²) in [6.45, 7) is -0.366. The standard InChI is InChI=1S/4C2H7NO3S.2Mg/c4*3-1-2-7(4,5)6;;/h4*1-3H2,(H,4,5,6);;/q;;;;2*+2/p-4. The number of rotatable bonds is 8. The van der Waals surface area contributed by atoms with Gasteiger partial charge < -0.3 is 41.1 Å². The summed E-state index contributed by atoms with van der Waals surface area (Å²) in [4.78, 5) is 0. The Kier molecular flexibility index (Phi) is 34.5. The first-order chi connectivity index (χ1) is 12.2. The zero-order valence-corrected chi connectivity index (χ0v) is 22.0. The van der Waals surface area contributed by atoms with Crippen LogP contribution >= 0.6 is 0 Å². The zero-order valence-electron chi connectivity index (χ0n) is 15.9. The summed E-state index contributed by atoms with van der Waals surface area (Å²) in [7, 11) is -16.2. The Hall–Kier alpha value is 1.01. The van der Waals surface area contributed by atoms with Crippen LogP contribution in [0.4, 0.5) is 0 Å². The predicted molar refractivity (Wildman–Crippen MR) is 106 cm³/mol. The summed E-state index contributed by atoms with van der Waals surface area (Å²) in [5.41, 5.74) is 18.9. The second kappa shape index (κ2) is 23.2. The van der Waals surface area contributed by atoms with Crippen molar-refractivity contribution in [3.63, 3.8) is 0 Å². The van der Waals surface area contributed by atoms with Crippen LogP contribution in [0.2, 0.25) is 0 Å². The molecule has 0 unspecified atom stereocenters. The van der Waals surface area contributed by atoms with E-state index in [0.29, 0.717) is 0 Å². The van der Waals surface area contributed by atoms with E-state index in [1.165, 1.54) is 0 Å². The van der Waals surface area contributed by atoms with E-state index in [-0.39, 0.29) is 72.3 Å².